The van der Waals surface area contributed by atoms with Crippen LogP contribution in [0.4, 0.5) is 0 Å². The molecule has 0 N–H and O–H groups in total. The average Bonchev–Trinajstić information content (AvgIpc) is 3.33. The van der Waals surface area contributed by atoms with Gasteiger partial charge >= 0.3 is 0 Å². The van der Waals surface area contributed by atoms with E-state index in [0.29, 0.717) is 21.5 Å². The fourth-order valence-corrected chi connectivity index (χ4v) is 4.85. The number of oxazole rings is 1. The standard InChI is InChI=1S/C31H19Cl2NO/c32-26-15-25(16-27(33)19-26)31-34-30-28(23-9-5-2-6-10-23)17-24(18-29(30)35-31)22-13-11-21(12-14-22)20-7-3-1-4-8-20/h1-19H. The van der Waals surface area contributed by atoms with Gasteiger partial charge in [0.05, 0.1) is 0 Å². The van der Waals surface area contributed by atoms with Gasteiger partial charge in [-0.3, -0.25) is 0 Å². The normalized spacial score (nSPS) is 11.1. The number of nitrogens with zero attached hydrogens (tertiary/aromatic N) is 1. The molecule has 0 saturated carbocycles. The zero-order chi connectivity index (χ0) is 23.8. The number of aromatic nitrogens is 1. The Kier molecular flexibility index (Phi) is 5.61. The lowest BCUT2D eigenvalue weighted by molar-refractivity contribution is 0.620. The fraction of sp³-hybridized carbons (Fsp3) is 0. The molecule has 168 valence electrons. The van der Waals surface area contributed by atoms with Gasteiger partial charge in [0, 0.05) is 21.2 Å². The van der Waals surface area contributed by atoms with Gasteiger partial charge in [-0.15, -0.1) is 0 Å². The number of halogens is 2. The summed E-state index contributed by atoms with van der Waals surface area (Å²) < 4.78 is 6.25. The Morgan fingerprint density at radius 1 is 0.486 bits per heavy atom. The lowest BCUT2D eigenvalue weighted by Crippen LogP contribution is -1.85. The van der Waals surface area contributed by atoms with Crippen LogP contribution in [0.1, 0.15) is 0 Å². The first-order valence-corrected chi connectivity index (χ1v) is 12.0. The lowest BCUT2D eigenvalue weighted by Gasteiger charge is -2.08. The predicted octanol–water partition coefficient (Wildman–Crippen LogP) is 9.80. The molecule has 5 aromatic carbocycles. The SMILES string of the molecule is Clc1cc(Cl)cc(-c2nc3c(-c4ccccc4)cc(-c4ccc(-c5ccccc5)cc4)cc3o2)c1. The highest BCUT2D eigenvalue weighted by atomic mass is 35.5. The molecule has 0 spiro atoms. The molecule has 1 aromatic heterocycles. The topological polar surface area (TPSA) is 26.0 Å². The summed E-state index contributed by atoms with van der Waals surface area (Å²) in [5.74, 6) is 0.484. The van der Waals surface area contributed by atoms with Crippen molar-refractivity contribution in [3.8, 4) is 44.8 Å². The molecule has 4 heteroatoms. The molecular formula is C31H19Cl2NO. The Balaban J connectivity index is 1.50. The van der Waals surface area contributed by atoms with Gasteiger partial charge in [-0.2, -0.15) is 0 Å². The molecule has 0 unspecified atom stereocenters. The van der Waals surface area contributed by atoms with E-state index in [9.17, 15) is 0 Å². The molecule has 2 nitrogen and oxygen atoms in total. The molecule has 0 bridgehead atoms. The maximum absolute atomic E-state index is 6.25. The van der Waals surface area contributed by atoms with Crippen LogP contribution in [0.3, 0.4) is 0 Å². The van der Waals surface area contributed by atoms with Crippen molar-refractivity contribution in [1.82, 2.24) is 4.98 Å². The Bertz CT molecular complexity index is 1620. The quantitative estimate of drug-likeness (QED) is 0.245. The smallest absolute Gasteiger partial charge is 0.227 e. The van der Waals surface area contributed by atoms with Gasteiger partial charge in [-0.05, 0) is 58.1 Å². The van der Waals surface area contributed by atoms with Crippen LogP contribution in [0.5, 0.6) is 0 Å². The van der Waals surface area contributed by atoms with Crippen molar-refractivity contribution >= 4 is 34.3 Å². The monoisotopic (exact) mass is 491 g/mol. The molecule has 6 aromatic rings. The molecular weight excluding hydrogens is 473 g/mol. The molecule has 6 rings (SSSR count). The summed E-state index contributed by atoms with van der Waals surface area (Å²) in [7, 11) is 0. The van der Waals surface area contributed by atoms with Crippen LogP contribution >= 0.6 is 23.2 Å². The Labute approximate surface area is 213 Å². The molecule has 1 heterocycles. The van der Waals surface area contributed by atoms with E-state index in [1.807, 2.05) is 42.5 Å². The fourth-order valence-electron chi connectivity index (χ4n) is 4.32. The number of fused-ring (bicyclic) bond motifs is 1. The van der Waals surface area contributed by atoms with Crippen molar-refractivity contribution in [1.29, 1.82) is 0 Å². The van der Waals surface area contributed by atoms with E-state index in [2.05, 4.69) is 66.7 Å². The van der Waals surface area contributed by atoms with Crippen molar-refractivity contribution < 1.29 is 4.42 Å². The molecule has 0 radical (unpaired) electrons. The van der Waals surface area contributed by atoms with Gasteiger partial charge in [0.15, 0.2) is 5.58 Å². The summed E-state index contributed by atoms with van der Waals surface area (Å²) in [6.45, 7) is 0. The third-order valence-corrected chi connectivity index (χ3v) is 6.45. The zero-order valence-corrected chi connectivity index (χ0v) is 20.1. The van der Waals surface area contributed by atoms with Gasteiger partial charge in [-0.25, -0.2) is 4.98 Å². The number of hydrogen-bond acceptors (Lipinski definition) is 2. The summed E-state index contributed by atoms with van der Waals surface area (Å²) in [6, 6.07) is 38.7. The van der Waals surface area contributed by atoms with E-state index in [0.717, 1.165) is 33.3 Å². The lowest BCUT2D eigenvalue weighted by atomic mass is 9.96. The van der Waals surface area contributed by atoms with Crippen LogP contribution in [-0.4, -0.2) is 4.98 Å². The second-order valence-electron chi connectivity index (χ2n) is 8.36. The van der Waals surface area contributed by atoms with E-state index in [4.69, 9.17) is 32.6 Å². The second kappa shape index (κ2) is 9.07. The first-order valence-electron chi connectivity index (χ1n) is 11.3. The zero-order valence-electron chi connectivity index (χ0n) is 18.6. The van der Waals surface area contributed by atoms with Crippen LogP contribution in [0.2, 0.25) is 10.0 Å². The second-order valence-corrected chi connectivity index (χ2v) is 9.23. The Morgan fingerprint density at radius 2 is 1.03 bits per heavy atom. The van der Waals surface area contributed by atoms with Crippen molar-refractivity contribution in [2.45, 2.75) is 0 Å². The number of benzene rings is 5. The third kappa shape index (κ3) is 4.35. The highest BCUT2D eigenvalue weighted by Crippen LogP contribution is 2.37. The molecule has 35 heavy (non-hydrogen) atoms. The third-order valence-electron chi connectivity index (χ3n) is 6.01. The molecule has 0 saturated heterocycles. The minimum Gasteiger partial charge on any atom is -0.436 e. The largest absolute Gasteiger partial charge is 0.436 e. The summed E-state index contributed by atoms with van der Waals surface area (Å²) in [5.41, 5.74) is 8.86. The summed E-state index contributed by atoms with van der Waals surface area (Å²) in [5, 5.41) is 1.08. The van der Waals surface area contributed by atoms with Crippen LogP contribution in [0.15, 0.2) is 120 Å². The number of rotatable bonds is 4. The highest BCUT2D eigenvalue weighted by molar-refractivity contribution is 6.35. The first kappa shape index (κ1) is 21.7. The maximum atomic E-state index is 6.25. The Hall–Kier alpha value is -3.85. The minimum atomic E-state index is 0.484. The molecule has 0 aliphatic carbocycles. The van der Waals surface area contributed by atoms with Gasteiger partial charge < -0.3 is 4.42 Å². The van der Waals surface area contributed by atoms with Gasteiger partial charge in [-0.1, -0.05) is 108 Å². The maximum Gasteiger partial charge on any atom is 0.227 e. The summed E-state index contributed by atoms with van der Waals surface area (Å²) >= 11 is 12.5. The van der Waals surface area contributed by atoms with Gasteiger partial charge in [0.1, 0.15) is 5.52 Å². The van der Waals surface area contributed by atoms with Gasteiger partial charge in [0.2, 0.25) is 5.89 Å². The van der Waals surface area contributed by atoms with E-state index in [1.165, 1.54) is 11.1 Å². The molecule has 0 fully saturated rings. The van der Waals surface area contributed by atoms with Crippen molar-refractivity contribution in [2.75, 3.05) is 0 Å². The van der Waals surface area contributed by atoms with Gasteiger partial charge in [0.25, 0.3) is 0 Å². The molecule has 0 atom stereocenters. The predicted molar refractivity (Wildman–Crippen MR) is 146 cm³/mol. The van der Waals surface area contributed by atoms with E-state index in [-0.39, 0.29) is 0 Å². The van der Waals surface area contributed by atoms with E-state index >= 15 is 0 Å². The van der Waals surface area contributed by atoms with Crippen molar-refractivity contribution in [3.05, 3.63) is 125 Å². The average molecular weight is 492 g/mol. The number of hydrogen-bond donors (Lipinski definition) is 0. The van der Waals surface area contributed by atoms with Crippen molar-refractivity contribution in [3.63, 3.8) is 0 Å². The summed E-state index contributed by atoms with van der Waals surface area (Å²) in [6.07, 6.45) is 0. The Morgan fingerprint density at radius 3 is 1.66 bits per heavy atom. The van der Waals surface area contributed by atoms with E-state index < -0.39 is 0 Å². The van der Waals surface area contributed by atoms with Crippen LogP contribution in [0, 0.1) is 0 Å². The minimum absolute atomic E-state index is 0.484. The molecule has 0 amide bonds. The van der Waals surface area contributed by atoms with Crippen LogP contribution in [-0.2, 0) is 0 Å². The first-order chi connectivity index (χ1) is 17.1. The van der Waals surface area contributed by atoms with E-state index in [1.54, 1.807) is 6.07 Å². The highest BCUT2D eigenvalue weighted by Gasteiger charge is 2.16. The van der Waals surface area contributed by atoms with Crippen molar-refractivity contribution in [2.24, 2.45) is 0 Å². The van der Waals surface area contributed by atoms with Crippen LogP contribution < -0.4 is 0 Å². The summed E-state index contributed by atoms with van der Waals surface area (Å²) in [4.78, 5) is 4.85. The van der Waals surface area contributed by atoms with Crippen LogP contribution in [0.25, 0.3) is 55.9 Å². The molecule has 0 aliphatic heterocycles. The molecule has 0 aliphatic rings.